The van der Waals surface area contributed by atoms with E-state index in [1.54, 1.807) is 0 Å². The second-order valence-electron chi connectivity index (χ2n) is 6.37. The zero-order valence-electron chi connectivity index (χ0n) is 12.1. The minimum absolute atomic E-state index is 1.21. The van der Waals surface area contributed by atoms with Gasteiger partial charge in [0.25, 0.3) is 0 Å². The number of benzene rings is 1. The van der Waals surface area contributed by atoms with Crippen molar-refractivity contribution in [1.82, 2.24) is 4.90 Å². The fraction of sp³-hybridized carbons (Fsp3) is 0.647. The van der Waals surface area contributed by atoms with E-state index in [2.05, 4.69) is 35.2 Å². The van der Waals surface area contributed by atoms with Gasteiger partial charge in [0.2, 0.25) is 0 Å². The molecular formula is C17H27N2+. The number of hydrogen-bond donors (Lipinski definition) is 0. The van der Waals surface area contributed by atoms with Crippen molar-refractivity contribution in [2.45, 2.75) is 25.7 Å². The Balaban J connectivity index is 1.45. The zero-order valence-corrected chi connectivity index (χ0v) is 12.1. The summed E-state index contributed by atoms with van der Waals surface area (Å²) in [6.07, 6.45) is 5.60. The lowest BCUT2D eigenvalue weighted by atomic mass is 10.1. The highest BCUT2D eigenvalue weighted by Gasteiger charge is 2.33. The van der Waals surface area contributed by atoms with E-state index < -0.39 is 0 Å². The molecule has 19 heavy (non-hydrogen) atoms. The van der Waals surface area contributed by atoms with Crippen LogP contribution in [0.15, 0.2) is 30.3 Å². The van der Waals surface area contributed by atoms with Gasteiger partial charge in [0.05, 0.1) is 26.2 Å². The van der Waals surface area contributed by atoms with Gasteiger partial charge in [-0.05, 0) is 31.2 Å². The van der Waals surface area contributed by atoms with Gasteiger partial charge in [-0.2, -0.15) is 0 Å². The number of nitrogens with zero attached hydrogens (tertiary/aromatic N) is 2. The summed E-state index contributed by atoms with van der Waals surface area (Å²) in [5.74, 6) is 0. The molecule has 0 saturated carbocycles. The summed E-state index contributed by atoms with van der Waals surface area (Å²) in [4.78, 5) is 2.67. The molecule has 2 nitrogen and oxygen atoms in total. The predicted molar refractivity (Wildman–Crippen MR) is 80.2 cm³/mol. The molecule has 1 aromatic carbocycles. The zero-order chi connectivity index (χ0) is 13.0. The fourth-order valence-electron chi connectivity index (χ4n) is 3.72. The Labute approximate surface area is 117 Å². The molecule has 2 fully saturated rings. The molecule has 0 bridgehead atoms. The topological polar surface area (TPSA) is 3.24 Å². The van der Waals surface area contributed by atoms with Crippen LogP contribution in [-0.4, -0.2) is 55.2 Å². The molecule has 1 spiro atoms. The van der Waals surface area contributed by atoms with E-state index in [1.165, 1.54) is 81.5 Å². The maximum absolute atomic E-state index is 2.67. The molecule has 2 aliphatic heterocycles. The van der Waals surface area contributed by atoms with Gasteiger partial charge in [0.1, 0.15) is 0 Å². The van der Waals surface area contributed by atoms with E-state index in [-0.39, 0.29) is 0 Å². The molecule has 2 saturated heterocycles. The van der Waals surface area contributed by atoms with Gasteiger partial charge in [0.15, 0.2) is 0 Å². The third-order valence-electron chi connectivity index (χ3n) is 5.11. The third-order valence-corrected chi connectivity index (χ3v) is 5.11. The number of piperidine rings is 1. The summed E-state index contributed by atoms with van der Waals surface area (Å²) in [6.45, 7) is 9.56. The van der Waals surface area contributed by atoms with E-state index in [1.807, 2.05) is 0 Å². The predicted octanol–water partition coefficient (Wildman–Crippen LogP) is 2.55. The summed E-state index contributed by atoms with van der Waals surface area (Å²) in [7, 11) is 0. The van der Waals surface area contributed by atoms with Crippen LogP contribution < -0.4 is 0 Å². The van der Waals surface area contributed by atoms with Crippen molar-refractivity contribution in [2.24, 2.45) is 0 Å². The summed E-state index contributed by atoms with van der Waals surface area (Å²) in [6, 6.07) is 10.9. The molecule has 104 valence electrons. The van der Waals surface area contributed by atoms with Gasteiger partial charge in [-0.25, -0.2) is 0 Å². The van der Waals surface area contributed by atoms with Gasteiger partial charge < -0.3 is 4.48 Å². The Morgan fingerprint density at radius 3 is 2.21 bits per heavy atom. The molecule has 0 unspecified atom stereocenters. The second kappa shape index (κ2) is 6.06. The average Bonchev–Trinajstić information content (AvgIpc) is 2.49. The Bertz CT molecular complexity index is 372. The minimum Gasteiger partial charge on any atom is -0.321 e. The van der Waals surface area contributed by atoms with Gasteiger partial charge >= 0.3 is 0 Å². The molecule has 2 heterocycles. The van der Waals surface area contributed by atoms with E-state index in [9.17, 15) is 0 Å². The van der Waals surface area contributed by atoms with Crippen LogP contribution in [0.3, 0.4) is 0 Å². The molecule has 2 aliphatic rings. The summed E-state index contributed by atoms with van der Waals surface area (Å²) >= 11 is 0. The molecule has 0 aliphatic carbocycles. The first kappa shape index (κ1) is 13.1. The highest BCUT2D eigenvalue weighted by Crippen LogP contribution is 2.21. The van der Waals surface area contributed by atoms with E-state index in [4.69, 9.17) is 0 Å². The highest BCUT2D eigenvalue weighted by atomic mass is 15.4. The quantitative estimate of drug-likeness (QED) is 0.754. The molecule has 0 amide bonds. The van der Waals surface area contributed by atoms with Crippen LogP contribution in [0.25, 0.3) is 0 Å². The van der Waals surface area contributed by atoms with Crippen LogP contribution >= 0.6 is 0 Å². The van der Waals surface area contributed by atoms with Gasteiger partial charge in [0, 0.05) is 19.6 Å². The van der Waals surface area contributed by atoms with E-state index in [0.717, 1.165) is 0 Å². The maximum atomic E-state index is 2.67. The number of piperazine rings is 1. The van der Waals surface area contributed by atoms with Gasteiger partial charge in [-0.1, -0.05) is 30.3 Å². The first-order valence-corrected chi connectivity index (χ1v) is 7.98. The van der Waals surface area contributed by atoms with E-state index >= 15 is 0 Å². The Morgan fingerprint density at radius 2 is 1.53 bits per heavy atom. The monoisotopic (exact) mass is 259 g/mol. The molecular weight excluding hydrogens is 232 g/mol. The van der Waals surface area contributed by atoms with Crippen LogP contribution in [0.5, 0.6) is 0 Å². The molecule has 2 heteroatoms. The van der Waals surface area contributed by atoms with Crippen LogP contribution in [0.1, 0.15) is 24.8 Å². The van der Waals surface area contributed by atoms with Crippen molar-refractivity contribution in [3.05, 3.63) is 35.9 Å². The van der Waals surface area contributed by atoms with Crippen molar-refractivity contribution >= 4 is 0 Å². The first-order chi connectivity index (χ1) is 9.36. The van der Waals surface area contributed by atoms with Crippen molar-refractivity contribution in [3.8, 4) is 0 Å². The summed E-state index contributed by atoms with van der Waals surface area (Å²) in [5.41, 5.74) is 1.48. The number of quaternary nitrogens is 1. The smallest absolute Gasteiger partial charge is 0.0916 e. The maximum Gasteiger partial charge on any atom is 0.0916 e. The van der Waals surface area contributed by atoms with Crippen molar-refractivity contribution in [2.75, 3.05) is 45.8 Å². The number of hydrogen-bond acceptors (Lipinski definition) is 1. The SMILES string of the molecule is c1ccc(CCN2CC[N+]3(CCCCC3)CC2)cc1. The first-order valence-electron chi connectivity index (χ1n) is 7.98. The highest BCUT2D eigenvalue weighted by molar-refractivity contribution is 5.14. The van der Waals surface area contributed by atoms with Crippen molar-refractivity contribution in [3.63, 3.8) is 0 Å². The molecule has 1 aromatic rings. The second-order valence-corrected chi connectivity index (χ2v) is 6.37. The Morgan fingerprint density at radius 1 is 0.842 bits per heavy atom. The Hall–Kier alpha value is -0.860. The summed E-state index contributed by atoms with van der Waals surface area (Å²) in [5, 5.41) is 0. The Kier molecular flexibility index (Phi) is 4.19. The lowest BCUT2D eigenvalue weighted by molar-refractivity contribution is -0.936. The molecule has 0 radical (unpaired) electrons. The lowest BCUT2D eigenvalue weighted by Crippen LogP contribution is -2.61. The largest absolute Gasteiger partial charge is 0.321 e. The van der Waals surface area contributed by atoms with Crippen LogP contribution in [-0.2, 0) is 6.42 Å². The van der Waals surface area contributed by atoms with Crippen molar-refractivity contribution < 1.29 is 4.48 Å². The normalized spacial score (nSPS) is 23.6. The van der Waals surface area contributed by atoms with Crippen LogP contribution in [0.2, 0.25) is 0 Å². The third kappa shape index (κ3) is 3.37. The van der Waals surface area contributed by atoms with Gasteiger partial charge in [-0.3, -0.25) is 4.90 Å². The van der Waals surface area contributed by atoms with Crippen LogP contribution in [0, 0.1) is 0 Å². The standard InChI is InChI=1S/C17H27N2/c1-3-7-17(8-4-1)9-10-18-11-15-19(16-12-18)13-5-2-6-14-19/h1,3-4,7-8H,2,5-6,9-16H2/q+1. The van der Waals surface area contributed by atoms with Crippen LogP contribution in [0.4, 0.5) is 0 Å². The fourth-order valence-corrected chi connectivity index (χ4v) is 3.72. The molecule has 0 aromatic heterocycles. The lowest BCUT2D eigenvalue weighted by Gasteiger charge is -2.47. The molecule has 3 rings (SSSR count). The summed E-state index contributed by atoms with van der Waals surface area (Å²) < 4.78 is 1.43. The number of rotatable bonds is 3. The minimum atomic E-state index is 1.21. The molecule has 0 atom stereocenters. The van der Waals surface area contributed by atoms with E-state index in [0.29, 0.717) is 0 Å². The molecule has 0 N–H and O–H groups in total. The van der Waals surface area contributed by atoms with Crippen molar-refractivity contribution in [1.29, 1.82) is 0 Å². The average molecular weight is 259 g/mol. The van der Waals surface area contributed by atoms with Gasteiger partial charge in [-0.15, -0.1) is 0 Å².